The molecule has 0 fully saturated rings. The lowest BCUT2D eigenvalue weighted by atomic mass is 10.0. The van der Waals surface area contributed by atoms with Gasteiger partial charge in [-0.15, -0.1) is 0 Å². The molecule has 0 saturated heterocycles. The number of aliphatic hydroxyl groups excluding tert-OH is 1. The van der Waals surface area contributed by atoms with Gasteiger partial charge in [-0.25, -0.2) is 31.5 Å². The Morgan fingerprint density at radius 1 is 1.03 bits per heavy atom. The first-order valence-corrected chi connectivity index (χ1v) is 13.3. The van der Waals surface area contributed by atoms with Crippen LogP contribution in [0, 0.1) is 5.82 Å². The molecule has 0 aliphatic rings. The Balaban J connectivity index is 1.52. The second-order valence-electron chi connectivity index (χ2n) is 8.54. The van der Waals surface area contributed by atoms with Crippen LogP contribution in [0.2, 0.25) is 5.02 Å². The third-order valence-corrected chi connectivity index (χ3v) is 7.96. The third kappa shape index (κ3) is 5.07. The average molecular weight is 567 g/mol. The van der Waals surface area contributed by atoms with E-state index < -0.39 is 28.0 Å². The van der Waals surface area contributed by atoms with E-state index in [2.05, 4.69) is 9.97 Å². The highest BCUT2D eigenvalue weighted by Gasteiger charge is 2.26. The second-order valence-corrected chi connectivity index (χ2v) is 10.8. The van der Waals surface area contributed by atoms with Gasteiger partial charge >= 0.3 is 6.09 Å². The number of amides is 1. The van der Waals surface area contributed by atoms with Crippen LogP contribution in [0.1, 0.15) is 22.8 Å². The highest BCUT2D eigenvalue weighted by Crippen LogP contribution is 2.33. The van der Waals surface area contributed by atoms with E-state index in [4.69, 9.17) is 11.6 Å². The summed E-state index contributed by atoms with van der Waals surface area (Å²) >= 11 is 6.14. The van der Waals surface area contributed by atoms with Crippen LogP contribution in [0.15, 0.2) is 96.3 Å². The smallest absolute Gasteiger partial charge is 0.413 e. The van der Waals surface area contributed by atoms with E-state index in [1.165, 1.54) is 67.1 Å². The van der Waals surface area contributed by atoms with Gasteiger partial charge in [-0.3, -0.25) is 4.90 Å². The Labute approximate surface area is 227 Å². The average Bonchev–Trinajstić information content (AvgIpc) is 3.32. The SMILES string of the molecule is O=C(O)N(Cc1ccccc1F)c1ccc(C(O)c2cn(S(=O)(=O)c3ccccc3)c3ncc(Cl)cc23)cn1. The largest absolute Gasteiger partial charge is 0.465 e. The van der Waals surface area contributed by atoms with Crippen LogP contribution in [0.4, 0.5) is 15.0 Å². The molecule has 1 atom stereocenters. The summed E-state index contributed by atoms with van der Waals surface area (Å²) in [5.41, 5.74) is 0.702. The molecule has 2 aromatic carbocycles. The van der Waals surface area contributed by atoms with Crippen molar-refractivity contribution in [2.75, 3.05) is 4.90 Å². The van der Waals surface area contributed by atoms with Gasteiger partial charge in [0, 0.05) is 40.7 Å². The van der Waals surface area contributed by atoms with Crippen molar-refractivity contribution in [1.29, 1.82) is 0 Å². The Kier molecular flexibility index (Phi) is 7.04. The highest BCUT2D eigenvalue weighted by atomic mass is 35.5. The van der Waals surface area contributed by atoms with E-state index in [-0.39, 0.29) is 44.6 Å². The van der Waals surface area contributed by atoms with Crippen molar-refractivity contribution in [3.05, 3.63) is 119 Å². The summed E-state index contributed by atoms with van der Waals surface area (Å²) in [7, 11) is -4.05. The number of carbonyl (C=O) groups is 1. The molecule has 2 N–H and O–H groups in total. The van der Waals surface area contributed by atoms with Crippen LogP contribution in [0.5, 0.6) is 0 Å². The molecule has 3 aromatic heterocycles. The molecular weight excluding hydrogens is 547 g/mol. The van der Waals surface area contributed by atoms with E-state index >= 15 is 0 Å². The third-order valence-electron chi connectivity index (χ3n) is 6.08. The normalized spacial score (nSPS) is 12.4. The van der Waals surface area contributed by atoms with Gasteiger partial charge in [0.05, 0.1) is 16.5 Å². The zero-order valence-corrected chi connectivity index (χ0v) is 21.6. The standard InChI is InChI=1S/C27H20ClFN4O5S/c28-19-12-21-22(16-33(26(21)31-14-19)39(37,38)20-7-2-1-3-8-20)25(34)17-10-11-24(30-13-17)32(27(35)36)15-18-6-4-5-9-23(18)29/h1-14,16,25,34H,15H2,(H,35,36). The first-order chi connectivity index (χ1) is 18.7. The van der Waals surface area contributed by atoms with Gasteiger partial charge in [0.2, 0.25) is 0 Å². The maximum absolute atomic E-state index is 14.1. The van der Waals surface area contributed by atoms with Crippen molar-refractivity contribution in [2.45, 2.75) is 17.5 Å². The van der Waals surface area contributed by atoms with Crippen molar-refractivity contribution in [3.63, 3.8) is 0 Å². The Morgan fingerprint density at radius 2 is 1.74 bits per heavy atom. The van der Waals surface area contributed by atoms with E-state index in [0.717, 1.165) is 8.87 Å². The molecule has 0 spiro atoms. The second kappa shape index (κ2) is 10.4. The lowest BCUT2D eigenvalue weighted by Gasteiger charge is -2.19. The summed E-state index contributed by atoms with van der Waals surface area (Å²) in [5.74, 6) is -0.537. The fraction of sp³-hybridized carbons (Fsp3) is 0.0741. The van der Waals surface area contributed by atoms with E-state index in [9.17, 15) is 27.8 Å². The summed E-state index contributed by atoms with van der Waals surface area (Å²) in [6.45, 7) is -0.272. The number of nitrogens with zero attached hydrogens (tertiary/aromatic N) is 4. The molecule has 0 aliphatic heterocycles. The molecule has 3 heterocycles. The van der Waals surface area contributed by atoms with E-state index in [1.807, 2.05) is 0 Å². The molecule has 0 aliphatic carbocycles. The zero-order chi connectivity index (χ0) is 27.7. The molecule has 1 amide bonds. The quantitative estimate of drug-likeness (QED) is 0.276. The Hall–Kier alpha value is -4.32. The minimum atomic E-state index is -4.05. The van der Waals surface area contributed by atoms with Crippen molar-refractivity contribution in [2.24, 2.45) is 0 Å². The molecule has 198 valence electrons. The molecule has 0 radical (unpaired) electrons. The Morgan fingerprint density at radius 3 is 2.41 bits per heavy atom. The molecule has 12 heteroatoms. The van der Waals surface area contributed by atoms with Gasteiger partial charge < -0.3 is 10.2 Å². The van der Waals surface area contributed by atoms with Crippen LogP contribution in [0.3, 0.4) is 0 Å². The number of rotatable bonds is 7. The zero-order valence-electron chi connectivity index (χ0n) is 20.0. The van der Waals surface area contributed by atoms with Gasteiger partial charge in [-0.2, -0.15) is 0 Å². The number of benzene rings is 2. The molecule has 5 rings (SSSR count). The molecule has 5 aromatic rings. The summed E-state index contributed by atoms with van der Waals surface area (Å²) in [4.78, 5) is 21.2. The number of carboxylic acid groups (broad SMARTS) is 1. The van der Waals surface area contributed by atoms with Crippen molar-refractivity contribution in [3.8, 4) is 0 Å². The molecule has 9 nitrogen and oxygen atoms in total. The minimum Gasteiger partial charge on any atom is -0.465 e. The molecule has 0 bridgehead atoms. The maximum atomic E-state index is 14.1. The van der Waals surface area contributed by atoms with Gasteiger partial charge in [-0.05, 0) is 30.3 Å². The first-order valence-electron chi connectivity index (χ1n) is 11.5. The van der Waals surface area contributed by atoms with Gasteiger partial charge in [0.25, 0.3) is 10.0 Å². The number of hydrogen-bond donors (Lipinski definition) is 2. The monoisotopic (exact) mass is 566 g/mol. The summed E-state index contributed by atoms with van der Waals surface area (Å²) in [6, 6.07) is 17.9. The van der Waals surface area contributed by atoms with Gasteiger partial charge in [0.15, 0.2) is 5.65 Å². The van der Waals surface area contributed by atoms with Gasteiger partial charge in [0.1, 0.15) is 17.7 Å². The highest BCUT2D eigenvalue weighted by molar-refractivity contribution is 7.90. The molecule has 1 unspecified atom stereocenters. The number of pyridine rings is 2. The van der Waals surface area contributed by atoms with Gasteiger partial charge in [-0.1, -0.05) is 54.1 Å². The lowest BCUT2D eigenvalue weighted by molar-refractivity contribution is 0.201. The minimum absolute atomic E-state index is 0.0143. The van der Waals surface area contributed by atoms with Crippen LogP contribution in [-0.2, 0) is 16.6 Å². The number of halogens is 2. The van der Waals surface area contributed by atoms with Crippen LogP contribution < -0.4 is 4.90 Å². The number of fused-ring (bicyclic) bond motifs is 1. The van der Waals surface area contributed by atoms with Crippen LogP contribution in [-0.4, -0.2) is 38.7 Å². The first kappa shape index (κ1) is 26.3. The summed E-state index contributed by atoms with van der Waals surface area (Å²) in [6.07, 6.45) is 1.16. The summed E-state index contributed by atoms with van der Waals surface area (Å²) in [5, 5.41) is 21.5. The fourth-order valence-corrected chi connectivity index (χ4v) is 5.64. The van der Waals surface area contributed by atoms with Crippen molar-refractivity contribution < 1.29 is 27.8 Å². The number of aromatic nitrogens is 3. The van der Waals surface area contributed by atoms with E-state index in [1.54, 1.807) is 24.3 Å². The topological polar surface area (TPSA) is 126 Å². The number of aliphatic hydroxyl groups is 1. The van der Waals surface area contributed by atoms with Crippen LogP contribution >= 0.6 is 11.6 Å². The predicted octanol–water partition coefficient (Wildman–Crippen LogP) is 5.23. The molecule has 39 heavy (non-hydrogen) atoms. The number of hydrogen-bond acceptors (Lipinski definition) is 6. The Bertz CT molecular complexity index is 1780. The lowest BCUT2D eigenvalue weighted by Crippen LogP contribution is -2.29. The van der Waals surface area contributed by atoms with Crippen molar-refractivity contribution in [1.82, 2.24) is 13.9 Å². The number of anilines is 1. The van der Waals surface area contributed by atoms with Crippen LogP contribution in [0.25, 0.3) is 11.0 Å². The fourth-order valence-electron chi connectivity index (χ4n) is 4.13. The maximum Gasteiger partial charge on any atom is 0.413 e. The summed E-state index contributed by atoms with van der Waals surface area (Å²) < 4.78 is 41.8. The predicted molar refractivity (Wildman–Crippen MR) is 143 cm³/mol. The van der Waals surface area contributed by atoms with E-state index in [0.29, 0.717) is 5.39 Å². The molecule has 0 saturated carbocycles. The van der Waals surface area contributed by atoms with Crippen molar-refractivity contribution >= 4 is 44.6 Å². The molecular formula is C27H20ClFN4O5S.